The first kappa shape index (κ1) is 39.9. The predicted octanol–water partition coefficient (Wildman–Crippen LogP) is 10.1. The lowest BCUT2D eigenvalue weighted by molar-refractivity contribution is -0.167. The first-order chi connectivity index (χ1) is 20.5. The van der Waals surface area contributed by atoms with Crippen LogP contribution in [0.15, 0.2) is 24.3 Å². The summed E-state index contributed by atoms with van der Waals surface area (Å²) in [5.41, 5.74) is 0. The number of unbranched alkanes of at least 4 members (excludes halogenated alkanes) is 15. The number of hydrogen-bond donors (Lipinski definition) is 0. The SMILES string of the molecule is CCCC/C=C/CCCCC(=O)OCC(COC(=O)CCCCCCCCCC)OC(=O)CCCC/C=C/CCCC. The Hall–Kier alpha value is -2.11. The van der Waals surface area contributed by atoms with Crippen molar-refractivity contribution in [3.63, 3.8) is 0 Å². The van der Waals surface area contributed by atoms with Gasteiger partial charge in [-0.05, 0) is 57.8 Å². The summed E-state index contributed by atoms with van der Waals surface area (Å²) in [7, 11) is 0. The lowest BCUT2D eigenvalue weighted by atomic mass is 10.1. The largest absolute Gasteiger partial charge is 0.462 e. The van der Waals surface area contributed by atoms with Crippen molar-refractivity contribution >= 4 is 17.9 Å². The van der Waals surface area contributed by atoms with Crippen LogP contribution >= 0.6 is 0 Å². The number of ether oxygens (including phenoxy) is 3. The van der Waals surface area contributed by atoms with Crippen LogP contribution in [0.4, 0.5) is 0 Å². The number of carbonyl (C=O) groups excluding carboxylic acids is 3. The highest BCUT2D eigenvalue weighted by atomic mass is 16.6. The normalized spacial score (nSPS) is 12.2. The van der Waals surface area contributed by atoms with Gasteiger partial charge in [0.25, 0.3) is 0 Å². The molecule has 1 atom stereocenters. The minimum atomic E-state index is -0.778. The van der Waals surface area contributed by atoms with E-state index in [1.807, 2.05) is 0 Å². The van der Waals surface area contributed by atoms with Crippen molar-refractivity contribution in [1.82, 2.24) is 0 Å². The molecule has 0 radical (unpaired) electrons. The third-order valence-corrected chi connectivity index (χ3v) is 7.18. The molecule has 0 aromatic rings. The van der Waals surface area contributed by atoms with E-state index < -0.39 is 6.10 Å². The molecule has 0 rings (SSSR count). The zero-order valence-corrected chi connectivity index (χ0v) is 27.5. The van der Waals surface area contributed by atoms with E-state index in [9.17, 15) is 14.4 Å². The van der Waals surface area contributed by atoms with Crippen LogP contribution in [0.2, 0.25) is 0 Å². The van der Waals surface area contributed by atoms with Crippen molar-refractivity contribution in [2.24, 2.45) is 0 Å². The van der Waals surface area contributed by atoms with E-state index in [1.165, 1.54) is 57.8 Å². The summed E-state index contributed by atoms with van der Waals surface area (Å²) in [5.74, 6) is -0.957. The van der Waals surface area contributed by atoms with Crippen LogP contribution in [0.25, 0.3) is 0 Å². The Bertz CT molecular complexity index is 699. The Balaban J connectivity index is 4.43. The van der Waals surface area contributed by atoms with Gasteiger partial charge in [-0.1, -0.05) is 116 Å². The van der Waals surface area contributed by atoms with Gasteiger partial charge < -0.3 is 14.2 Å². The minimum absolute atomic E-state index is 0.0857. The van der Waals surface area contributed by atoms with Crippen LogP contribution in [-0.2, 0) is 28.6 Å². The number of hydrogen-bond acceptors (Lipinski definition) is 6. The van der Waals surface area contributed by atoms with Crippen molar-refractivity contribution < 1.29 is 28.6 Å². The monoisotopic (exact) mass is 592 g/mol. The van der Waals surface area contributed by atoms with Crippen molar-refractivity contribution in [3.8, 4) is 0 Å². The van der Waals surface area contributed by atoms with Crippen molar-refractivity contribution in [2.45, 2.75) is 175 Å². The molecule has 0 aromatic carbocycles. The van der Waals surface area contributed by atoms with E-state index in [0.29, 0.717) is 19.3 Å². The quantitative estimate of drug-likeness (QED) is 0.0357. The predicted molar refractivity (Wildman–Crippen MR) is 173 cm³/mol. The molecule has 244 valence electrons. The second-order valence-corrected chi connectivity index (χ2v) is 11.4. The fourth-order valence-electron chi connectivity index (χ4n) is 4.46. The number of allylic oxidation sites excluding steroid dienone is 4. The molecule has 0 N–H and O–H groups in total. The molecule has 0 bridgehead atoms. The van der Waals surface area contributed by atoms with E-state index in [-0.39, 0.29) is 31.1 Å². The van der Waals surface area contributed by atoms with Gasteiger partial charge in [0, 0.05) is 19.3 Å². The fourth-order valence-corrected chi connectivity index (χ4v) is 4.46. The van der Waals surface area contributed by atoms with Gasteiger partial charge in [0.15, 0.2) is 6.10 Å². The second kappa shape index (κ2) is 31.8. The van der Waals surface area contributed by atoms with Crippen molar-refractivity contribution in [2.75, 3.05) is 13.2 Å². The smallest absolute Gasteiger partial charge is 0.306 e. The molecule has 0 amide bonds. The average Bonchev–Trinajstić information content (AvgIpc) is 2.98. The Morgan fingerprint density at radius 3 is 1.26 bits per heavy atom. The number of rotatable bonds is 30. The summed E-state index contributed by atoms with van der Waals surface area (Å²) < 4.78 is 16.4. The van der Waals surface area contributed by atoms with E-state index in [0.717, 1.165) is 70.6 Å². The molecule has 0 saturated carbocycles. The van der Waals surface area contributed by atoms with E-state index in [2.05, 4.69) is 45.1 Å². The van der Waals surface area contributed by atoms with Crippen LogP contribution in [0.3, 0.4) is 0 Å². The van der Waals surface area contributed by atoms with Crippen LogP contribution in [0, 0.1) is 0 Å². The molecular weight excluding hydrogens is 528 g/mol. The molecule has 0 aliphatic carbocycles. The fraction of sp³-hybridized carbons (Fsp3) is 0.806. The molecule has 0 aromatic heterocycles. The molecular formula is C36H64O6. The molecule has 0 fully saturated rings. The maximum Gasteiger partial charge on any atom is 0.306 e. The third kappa shape index (κ3) is 29.4. The van der Waals surface area contributed by atoms with Gasteiger partial charge in [-0.3, -0.25) is 14.4 Å². The summed E-state index contributed by atoms with van der Waals surface area (Å²) in [6.45, 7) is 6.40. The highest BCUT2D eigenvalue weighted by molar-refractivity contribution is 5.71. The topological polar surface area (TPSA) is 78.9 Å². The summed E-state index contributed by atoms with van der Waals surface area (Å²) in [6.07, 6.45) is 30.5. The first-order valence-electron chi connectivity index (χ1n) is 17.3. The van der Waals surface area contributed by atoms with Gasteiger partial charge in [0.2, 0.25) is 0 Å². The molecule has 42 heavy (non-hydrogen) atoms. The van der Waals surface area contributed by atoms with Crippen LogP contribution < -0.4 is 0 Å². The summed E-state index contributed by atoms with van der Waals surface area (Å²) in [6, 6.07) is 0. The first-order valence-corrected chi connectivity index (χ1v) is 17.3. The van der Waals surface area contributed by atoms with Gasteiger partial charge in [-0.15, -0.1) is 0 Å². The zero-order chi connectivity index (χ0) is 30.9. The van der Waals surface area contributed by atoms with Gasteiger partial charge in [0.1, 0.15) is 13.2 Å². The molecule has 1 unspecified atom stereocenters. The maximum absolute atomic E-state index is 12.5. The lowest BCUT2D eigenvalue weighted by Crippen LogP contribution is -2.30. The molecule has 6 nitrogen and oxygen atoms in total. The van der Waals surface area contributed by atoms with Gasteiger partial charge in [-0.25, -0.2) is 0 Å². The van der Waals surface area contributed by atoms with Crippen molar-refractivity contribution in [1.29, 1.82) is 0 Å². The van der Waals surface area contributed by atoms with E-state index in [4.69, 9.17) is 14.2 Å². The van der Waals surface area contributed by atoms with Gasteiger partial charge in [-0.2, -0.15) is 0 Å². The summed E-state index contributed by atoms with van der Waals surface area (Å²) in [5, 5.41) is 0. The Morgan fingerprint density at radius 1 is 0.452 bits per heavy atom. The third-order valence-electron chi connectivity index (χ3n) is 7.18. The highest BCUT2D eigenvalue weighted by Crippen LogP contribution is 2.11. The van der Waals surface area contributed by atoms with Crippen LogP contribution in [0.5, 0.6) is 0 Å². The van der Waals surface area contributed by atoms with Crippen LogP contribution in [0.1, 0.15) is 168 Å². The van der Waals surface area contributed by atoms with Crippen LogP contribution in [-0.4, -0.2) is 37.2 Å². The van der Waals surface area contributed by atoms with E-state index >= 15 is 0 Å². The van der Waals surface area contributed by atoms with Gasteiger partial charge >= 0.3 is 17.9 Å². The maximum atomic E-state index is 12.5. The van der Waals surface area contributed by atoms with E-state index in [1.54, 1.807) is 0 Å². The molecule has 0 spiro atoms. The average molecular weight is 593 g/mol. The highest BCUT2D eigenvalue weighted by Gasteiger charge is 2.19. The molecule has 0 saturated heterocycles. The van der Waals surface area contributed by atoms with Crippen molar-refractivity contribution in [3.05, 3.63) is 24.3 Å². The Labute approximate surface area is 258 Å². The molecule has 0 heterocycles. The summed E-state index contributed by atoms with van der Waals surface area (Å²) >= 11 is 0. The molecule has 6 heteroatoms. The Morgan fingerprint density at radius 2 is 0.810 bits per heavy atom. The standard InChI is InChI=1S/C36H64O6/c1-4-7-10-13-16-19-22-25-28-34(37)40-31-33(42-36(39)30-27-24-21-18-15-12-9-6-3)32-41-35(38)29-26-23-20-17-14-11-8-5-2/h13,15-16,18,33H,4-12,14,17,19-32H2,1-3H3/b16-13+,18-15+. The Kier molecular flexibility index (Phi) is 30.2. The minimum Gasteiger partial charge on any atom is -0.462 e. The summed E-state index contributed by atoms with van der Waals surface area (Å²) in [4.78, 5) is 37.0. The second-order valence-electron chi connectivity index (χ2n) is 11.4. The van der Waals surface area contributed by atoms with Gasteiger partial charge in [0.05, 0.1) is 0 Å². The number of esters is 3. The molecule has 0 aliphatic heterocycles. The number of carbonyl (C=O) groups is 3. The lowest BCUT2D eigenvalue weighted by Gasteiger charge is -2.18. The zero-order valence-electron chi connectivity index (χ0n) is 27.5. The molecule has 0 aliphatic rings.